The molecule has 0 saturated heterocycles. The van der Waals surface area contributed by atoms with Gasteiger partial charge >= 0.3 is 0 Å². The van der Waals surface area contributed by atoms with E-state index in [2.05, 4.69) is 26.8 Å². The van der Waals surface area contributed by atoms with Crippen LogP contribution in [0.4, 0.5) is 0 Å². The molecule has 0 nitrogen and oxygen atoms in total. The van der Waals surface area contributed by atoms with E-state index in [0.29, 0.717) is 0 Å². The van der Waals surface area contributed by atoms with Crippen LogP contribution in [-0.2, 0) is 0 Å². The highest BCUT2D eigenvalue weighted by molar-refractivity contribution is 5.17. The van der Waals surface area contributed by atoms with Gasteiger partial charge in [-0.2, -0.15) is 0 Å². The predicted molar refractivity (Wildman–Crippen MR) is 55.2 cm³/mol. The third kappa shape index (κ3) is 2.36. The molecule has 0 fully saturated rings. The molecular weight excluding hydrogens is 144 g/mol. The van der Waals surface area contributed by atoms with Crippen molar-refractivity contribution in [3.8, 4) is 0 Å². The third-order valence-corrected chi connectivity index (χ3v) is 3.30. The van der Waals surface area contributed by atoms with Gasteiger partial charge in [0, 0.05) is 0 Å². The molecule has 0 heterocycles. The lowest BCUT2D eigenvalue weighted by Gasteiger charge is -2.27. The Labute approximate surface area is 77.1 Å². The molecule has 1 aliphatic carbocycles. The summed E-state index contributed by atoms with van der Waals surface area (Å²) in [5.74, 6) is 1.90. The Morgan fingerprint density at radius 3 is 2.67 bits per heavy atom. The minimum atomic E-state index is 0.934. The van der Waals surface area contributed by atoms with Gasteiger partial charge in [-0.15, -0.1) is 0 Å². The third-order valence-electron chi connectivity index (χ3n) is 3.30. The minimum absolute atomic E-state index is 0.934. The van der Waals surface area contributed by atoms with E-state index in [1.54, 1.807) is 5.57 Å². The lowest BCUT2D eigenvalue weighted by Crippen LogP contribution is -2.12. The number of allylic oxidation sites excluding steroid dienone is 2. The summed E-state index contributed by atoms with van der Waals surface area (Å²) in [7, 11) is 0. The van der Waals surface area contributed by atoms with Gasteiger partial charge in [0.15, 0.2) is 0 Å². The first-order valence-corrected chi connectivity index (χ1v) is 5.46. The van der Waals surface area contributed by atoms with Crippen molar-refractivity contribution in [1.82, 2.24) is 0 Å². The van der Waals surface area contributed by atoms with Crippen molar-refractivity contribution in [3.05, 3.63) is 11.6 Å². The average Bonchev–Trinajstić information content (AvgIpc) is 2.03. The van der Waals surface area contributed by atoms with E-state index in [9.17, 15) is 0 Å². The Hall–Kier alpha value is -0.260. The van der Waals surface area contributed by atoms with Crippen LogP contribution in [0.15, 0.2) is 11.6 Å². The predicted octanol–water partition coefficient (Wildman–Crippen LogP) is 4.17. The molecule has 0 N–H and O–H groups in total. The summed E-state index contributed by atoms with van der Waals surface area (Å²) in [6.45, 7) is 6.94. The zero-order chi connectivity index (χ0) is 8.97. The molecule has 0 saturated carbocycles. The molecule has 0 amide bonds. The van der Waals surface area contributed by atoms with Crippen molar-refractivity contribution in [3.63, 3.8) is 0 Å². The van der Waals surface area contributed by atoms with Gasteiger partial charge in [-0.3, -0.25) is 0 Å². The maximum atomic E-state index is 2.42. The zero-order valence-electron chi connectivity index (χ0n) is 8.77. The summed E-state index contributed by atoms with van der Waals surface area (Å²) >= 11 is 0. The maximum Gasteiger partial charge on any atom is -0.0169 e. The minimum Gasteiger partial charge on any atom is -0.0845 e. The second kappa shape index (κ2) is 4.69. The molecule has 1 aliphatic rings. The molecule has 0 heteroatoms. The van der Waals surface area contributed by atoms with Gasteiger partial charge < -0.3 is 0 Å². The first-order valence-electron chi connectivity index (χ1n) is 5.46. The summed E-state index contributed by atoms with van der Waals surface area (Å²) in [5, 5.41) is 0. The fourth-order valence-corrected chi connectivity index (χ4v) is 1.88. The maximum absolute atomic E-state index is 2.42. The lowest BCUT2D eigenvalue weighted by molar-refractivity contribution is 0.411. The highest BCUT2D eigenvalue weighted by atomic mass is 14.2. The standard InChI is InChI=1S/C12H22/c1-4-10(3)6-7-12-9-8-11(12)5-2/h8,10,12H,4-7,9H2,1-3H3. The van der Waals surface area contributed by atoms with E-state index < -0.39 is 0 Å². The smallest absolute Gasteiger partial charge is 0.0169 e. The Bertz CT molecular complexity index is 155. The van der Waals surface area contributed by atoms with Crippen molar-refractivity contribution < 1.29 is 0 Å². The molecule has 0 aromatic heterocycles. The van der Waals surface area contributed by atoms with Gasteiger partial charge in [0.1, 0.15) is 0 Å². The van der Waals surface area contributed by atoms with Gasteiger partial charge in [0.2, 0.25) is 0 Å². The van der Waals surface area contributed by atoms with Crippen LogP contribution in [0.3, 0.4) is 0 Å². The molecule has 0 spiro atoms. The monoisotopic (exact) mass is 166 g/mol. The molecule has 0 aromatic rings. The fraction of sp³-hybridized carbons (Fsp3) is 0.833. The summed E-state index contributed by atoms with van der Waals surface area (Å²) in [4.78, 5) is 0. The Morgan fingerprint density at radius 1 is 1.50 bits per heavy atom. The molecule has 0 aliphatic heterocycles. The first-order chi connectivity index (χ1) is 5.77. The van der Waals surface area contributed by atoms with E-state index in [1.165, 1.54) is 32.1 Å². The van der Waals surface area contributed by atoms with Crippen molar-refractivity contribution in [2.75, 3.05) is 0 Å². The largest absolute Gasteiger partial charge is 0.0845 e. The van der Waals surface area contributed by atoms with Crippen LogP contribution < -0.4 is 0 Å². The van der Waals surface area contributed by atoms with E-state index >= 15 is 0 Å². The molecule has 2 unspecified atom stereocenters. The molecular formula is C12H22. The molecule has 0 bridgehead atoms. The van der Waals surface area contributed by atoms with Gasteiger partial charge in [-0.25, -0.2) is 0 Å². The van der Waals surface area contributed by atoms with Gasteiger partial charge in [0.25, 0.3) is 0 Å². The van der Waals surface area contributed by atoms with Crippen LogP contribution in [0.25, 0.3) is 0 Å². The Balaban J connectivity index is 2.13. The highest BCUT2D eigenvalue weighted by Gasteiger charge is 2.19. The van der Waals surface area contributed by atoms with Crippen molar-refractivity contribution in [2.24, 2.45) is 11.8 Å². The van der Waals surface area contributed by atoms with Crippen LogP contribution in [0.5, 0.6) is 0 Å². The second-order valence-corrected chi connectivity index (χ2v) is 4.16. The van der Waals surface area contributed by atoms with Crippen molar-refractivity contribution in [2.45, 2.75) is 52.9 Å². The molecule has 0 radical (unpaired) electrons. The summed E-state index contributed by atoms with van der Waals surface area (Å²) < 4.78 is 0. The Kier molecular flexibility index (Phi) is 3.84. The SMILES string of the molecule is CCC1=CCC1CCC(C)CC. The van der Waals surface area contributed by atoms with Crippen LogP contribution in [0.1, 0.15) is 52.9 Å². The fourth-order valence-electron chi connectivity index (χ4n) is 1.88. The second-order valence-electron chi connectivity index (χ2n) is 4.16. The number of rotatable bonds is 5. The quantitative estimate of drug-likeness (QED) is 0.538. The molecule has 70 valence electrons. The van der Waals surface area contributed by atoms with Crippen LogP contribution in [-0.4, -0.2) is 0 Å². The zero-order valence-corrected chi connectivity index (χ0v) is 8.77. The van der Waals surface area contributed by atoms with Gasteiger partial charge in [-0.05, 0) is 31.1 Å². The average molecular weight is 166 g/mol. The number of hydrogen-bond donors (Lipinski definition) is 0. The van der Waals surface area contributed by atoms with Gasteiger partial charge in [0.05, 0.1) is 0 Å². The lowest BCUT2D eigenvalue weighted by atomic mass is 9.79. The molecule has 12 heavy (non-hydrogen) atoms. The molecule has 0 aromatic carbocycles. The van der Waals surface area contributed by atoms with E-state index in [0.717, 1.165) is 11.8 Å². The summed E-state index contributed by atoms with van der Waals surface area (Å²) in [6, 6.07) is 0. The summed E-state index contributed by atoms with van der Waals surface area (Å²) in [5.41, 5.74) is 1.72. The van der Waals surface area contributed by atoms with Gasteiger partial charge in [-0.1, -0.05) is 45.3 Å². The van der Waals surface area contributed by atoms with Crippen LogP contribution in [0, 0.1) is 11.8 Å². The summed E-state index contributed by atoms with van der Waals surface area (Å²) in [6.07, 6.45) is 9.27. The Morgan fingerprint density at radius 2 is 2.25 bits per heavy atom. The molecule has 2 atom stereocenters. The van der Waals surface area contributed by atoms with Crippen LogP contribution in [0.2, 0.25) is 0 Å². The molecule has 1 rings (SSSR count). The number of hydrogen-bond acceptors (Lipinski definition) is 0. The van der Waals surface area contributed by atoms with Crippen LogP contribution >= 0.6 is 0 Å². The normalized spacial score (nSPS) is 24.6. The first kappa shape index (κ1) is 9.83. The van der Waals surface area contributed by atoms with E-state index in [-0.39, 0.29) is 0 Å². The van der Waals surface area contributed by atoms with Crippen molar-refractivity contribution >= 4 is 0 Å². The van der Waals surface area contributed by atoms with E-state index in [1.807, 2.05) is 0 Å². The topological polar surface area (TPSA) is 0 Å². The van der Waals surface area contributed by atoms with E-state index in [4.69, 9.17) is 0 Å². The van der Waals surface area contributed by atoms with Crippen molar-refractivity contribution in [1.29, 1.82) is 0 Å². The highest BCUT2D eigenvalue weighted by Crippen LogP contribution is 2.34.